The fourth-order valence-corrected chi connectivity index (χ4v) is 1.79. The van der Waals surface area contributed by atoms with E-state index < -0.39 is 0 Å². The highest BCUT2D eigenvalue weighted by atomic mass is 15.3. The van der Waals surface area contributed by atoms with Gasteiger partial charge in [-0.3, -0.25) is 4.68 Å². The Morgan fingerprint density at radius 3 is 3.36 bits per heavy atom. The van der Waals surface area contributed by atoms with Gasteiger partial charge in [0.15, 0.2) is 0 Å². The molecule has 0 amide bonds. The maximum Gasteiger partial charge on any atom is 0.0699 e. The summed E-state index contributed by atoms with van der Waals surface area (Å²) in [5.74, 6) is 0.520. The smallest absolute Gasteiger partial charge is 0.0699 e. The minimum Gasteiger partial charge on any atom is -0.330 e. The zero-order chi connectivity index (χ0) is 7.84. The highest BCUT2D eigenvalue weighted by molar-refractivity contribution is 5.26. The van der Waals surface area contributed by atoms with Gasteiger partial charge in [-0.25, -0.2) is 0 Å². The number of rotatable bonds is 1. The first-order valence-corrected chi connectivity index (χ1v) is 4.03. The van der Waals surface area contributed by atoms with E-state index >= 15 is 0 Å². The number of nitrogens with zero attached hydrogens (tertiary/aromatic N) is 2. The number of aromatic nitrogens is 2. The second-order valence-corrected chi connectivity index (χ2v) is 3.18. The third-order valence-corrected chi connectivity index (χ3v) is 2.37. The van der Waals surface area contributed by atoms with Crippen molar-refractivity contribution in [1.82, 2.24) is 9.78 Å². The Bertz CT molecular complexity index is 264. The van der Waals surface area contributed by atoms with Crippen molar-refractivity contribution in [2.24, 2.45) is 12.8 Å². The second-order valence-electron chi connectivity index (χ2n) is 3.18. The van der Waals surface area contributed by atoms with E-state index in [1.54, 1.807) is 0 Å². The summed E-state index contributed by atoms with van der Waals surface area (Å²) in [6, 6.07) is 0. The van der Waals surface area contributed by atoms with Crippen molar-refractivity contribution >= 4 is 0 Å². The predicted molar refractivity (Wildman–Crippen MR) is 43.3 cm³/mol. The third kappa shape index (κ3) is 0.959. The number of nitrogens with two attached hydrogens (primary N) is 1. The van der Waals surface area contributed by atoms with Crippen LogP contribution in [0.3, 0.4) is 0 Å². The highest BCUT2D eigenvalue weighted by Gasteiger charge is 2.24. The predicted octanol–water partition coefficient (Wildman–Crippen LogP) is 0.409. The number of hydrogen-bond donors (Lipinski definition) is 1. The van der Waals surface area contributed by atoms with E-state index in [0.29, 0.717) is 5.92 Å². The molecule has 0 spiro atoms. The van der Waals surface area contributed by atoms with Gasteiger partial charge in [0.25, 0.3) is 0 Å². The molecule has 1 aliphatic carbocycles. The summed E-state index contributed by atoms with van der Waals surface area (Å²) in [7, 11) is 1.96. The molecule has 0 aromatic carbocycles. The number of hydrogen-bond acceptors (Lipinski definition) is 2. The Balaban J connectivity index is 2.37. The molecule has 0 saturated carbocycles. The van der Waals surface area contributed by atoms with Crippen LogP contribution in [0.25, 0.3) is 0 Å². The lowest BCUT2D eigenvalue weighted by Crippen LogP contribution is -2.10. The molecule has 3 heteroatoms. The Kier molecular flexibility index (Phi) is 1.46. The Morgan fingerprint density at radius 2 is 2.64 bits per heavy atom. The molecule has 0 aliphatic heterocycles. The van der Waals surface area contributed by atoms with Crippen LogP contribution in [0, 0.1) is 0 Å². The van der Waals surface area contributed by atoms with Crippen molar-refractivity contribution in [2.75, 3.05) is 6.54 Å². The molecule has 1 atom stereocenters. The van der Waals surface area contributed by atoms with Crippen molar-refractivity contribution in [2.45, 2.75) is 18.8 Å². The van der Waals surface area contributed by atoms with Gasteiger partial charge in [0, 0.05) is 25.7 Å². The molecule has 1 aromatic rings. The van der Waals surface area contributed by atoms with Gasteiger partial charge in [0.05, 0.1) is 5.69 Å². The van der Waals surface area contributed by atoms with E-state index in [9.17, 15) is 0 Å². The van der Waals surface area contributed by atoms with Crippen molar-refractivity contribution in [1.29, 1.82) is 0 Å². The first-order valence-electron chi connectivity index (χ1n) is 4.03. The SMILES string of the molecule is Cn1cc2c(n1)C(CN)CC2. The summed E-state index contributed by atoms with van der Waals surface area (Å²) >= 11 is 0. The zero-order valence-electron chi connectivity index (χ0n) is 6.75. The molecule has 2 N–H and O–H groups in total. The Morgan fingerprint density at radius 1 is 1.82 bits per heavy atom. The fourth-order valence-electron chi connectivity index (χ4n) is 1.79. The fraction of sp³-hybridized carbons (Fsp3) is 0.625. The van der Waals surface area contributed by atoms with Crippen LogP contribution in [0.5, 0.6) is 0 Å². The molecule has 1 unspecified atom stereocenters. The average Bonchev–Trinajstić information content (AvgIpc) is 2.45. The van der Waals surface area contributed by atoms with E-state index in [2.05, 4.69) is 11.3 Å². The van der Waals surface area contributed by atoms with Crippen LogP contribution in [0.2, 0.25) is 0 Å². The second kappa shape index (κ2) is 2.34. The first kappa shape index (κ1) is 6.85. The summed E-state index contributed by atoms with van der Waals surface area (Å²) in [4.78, 5) is 0. The van der Waals surface area contributed by atoms with Crippen molar-refractivity contribution in [3.05, 3.63) is 17.5 Å². The topological polar surface area (TPSA) is 43.8 Å². The van der Waals surface area contributed by atoms with Crippen LogP contribution in [0.15, 0.2) is 6.20 Å². The van der Waals surface area contributed by atoms with E-state index in [4.69, 9.17) is 5.73 Å². The third-order valence-electron chi connectivity index (χ3n) is 2.37. The molecule has 1 aliphatic rings. The zero-order valence-corrected chi connectivity index (χ0v) is 6.75. The molecule has 1 aromatic heterocycles. The molecule has 0 fully saturated rings. The van der Waals surface area contributed by atoms with Gasteiger partial charge in [-0.1, -0.05) is 0 Å². The maximum atomic E-state index is 5.61. The van der Waals surface area contributed by atoms with E-state index in [1.807, 2.05) is 11.7 Å². The van der Waals surface area contributed by atoms with Crippen LogP contribution in [0.1, 0.15) is 23.6 Å². The van der Waals surface area contributed by atoms with Crippen molar-refractivity contribution < 1.29 is 0 Å². The molecular weight excluding hydrogens is 138 g/mol. The average molecular weight is 151 g/mol. The molecule has 2 rings (SSSR count). The van der Waals surface area contributed by atoms with Gasteiger partial charge in [-0.05, 0) is 18.4 Å². The molecule has 0 bridgehead atoms. The summed E-state index contributed by atoms with van der Waals surface area (Å²) in [5.41, 5.74) is 8.23. The Labute approximate surface area is 66.2 Å². The van der Waals surface area contributed by atoms with Crippen LogP contribution in [0.4, 0.5) is 0 Å². The van der Waals surface area contributed by atoms with E-state index in [-0.39, 0.29) is 0 Å². The van der Waals surface area contributed by atoms with Gasteiger partial charge in [-0.2, -0.15) is 5.10 Å². The van der Waals surface area contributed by atoms with Gasteiger partial charge in [0.2, 0.25) is 0 Å². The highest BCUT2D eigenvalue weighted by Crippen LogP contribution is 2.30. The van der Waals surface area contributed by atoms with Crippen molar-refractivity contribution in [3.8, 4) is 0 Å². The minimum atomic E-state index is 0.520. The van der Waals surface area contributed by atoms with Gasteiger partial charge >= 0.3 is 0 Å². The van der Waals surface area contributed by atoms with Gasteiger partial charge in [0.1, 0.15) is 0 Å². The van der Waals surface area contributed by atoms with Crippen LogP contribution in [-0.2, 0) is 13.5 Å². The summed E-state index contributed by atoms with van der Waals surface area (Å²) in [6.45, 7) is 0.740. The van der Waals surface area contributed by atoms with Crippen LogP contribution < -0.4 is 5.73 Å². The molecule has 60 valence electrons. The van der Waals surface area contributed by atoms with Crippen LogP contribution >= 0.6 is 0 Å². The minimum absolute atomic E-state index is 0.520. The lowest BCUT2D eigenvalue weighted by atomic mass is 10.1. The standard InChI is InChI=1S/C8H13N3/c1-11-5-7-3-2-6(4-9)8(7)10-11/h5-6H,2-4,9H2,1H3. The van der Waals surface area contributed by atoms with Crippen molar-refractivity contribution in [3.63, 3.8) is 0 Å². The lowest BCUT2D eigenvalue weighted by Gasteiger charge is -2.02. The molecule has 0 saturated heterocycles. The monoisotopic (exact) mass is 151 g/mol. The Hall–Kier alpha value is -0.830. The van der Waals surface area contributed by atoms with E-state index in [0.717, 1.165) is 13.0 Å². The summed E-state index contributed by atoms with van der Waals surface area (Å²) in [6.07, 6.45) is 4.45. The normalized spacial score (nSPS) is 22.2. The molecule has 3 nitrogen and oxygen atoms in total. The quantitative estimate of drug-likeness (QED) is 0.631. The molecular formula is C8H13N3. The lowest BCUT2D eigenvalue weighted by molar-refractivity contribution is 0.634. The van der Waals surface area contributed by atoms with Gasteiger partial charge < -0.3 is 5.73 Å². The number of aryl methyl sites for hydroxylation is 2. The maximum absolute atomic E-state index is 5.61. The first-order chi connectivity index (χ1) is 5.31. The largest absolute Gasteiger partial charge is 0.330 e. The molecule has 0 radical (unpaired) electrons. The summed E-state index contributed by atoms with van der Waals surface area (Å²) < 4.78 is 1.88. The number of fused-ring (bicyclic) bond motifs is 1. The molecule has 1 heterocycles. The van der Waals surface area contributed by atoms with Gasteiger partial charge in [-0.15, -0.1) is 0 Å². The van der Waals surface area contributed by atoms with E-state index in [1.165, 1.54) is 17.7 Å². The molecule has 11 heavy (non-hydrogen) atoms. The summed E-state index contributed by atoms with van der Waals surface area (Å²) in [5, 5.41) is 4.38. The van der Waals surface area contributed by atoms with Crippen LogP contribution in [-0.4, -0.2) is 16.3 Å².